The lowest BCUT2D eigenvalue weighted by molar-refractivity contribution is 0.0526. The van der Waals surface area contributed by atoms with Crippen molar-refractivity contribution in [1.82, 2.24) is 0 Å². The summed E-state index contributed by atoms with van der Waals surface area (Å²) in [6.07, 6.45) is 3.82. The minimum atomic E-state index is -0.252. The molecule has 1 aromatic rings. The van der Waals surface area contributed by atoms with E-state index in [0.717, 1.165) is 5.69 Å². The number of benzene rings is 1. The average Bonchev–Trinajstić information content (AvgIpc) is 2.25. The van der Waals surface area contributed by atoms with Crippen LogP contribution in [-0.2, 0) is 4.74 Å². The molecule has 0 saturated heterocycles. The van der Waals surface area contributed by atoms with Crippen LogP contribution in [0.4, 0.5) is 5.69 Å². The van der Waals surface area contributed by atoms with Crippen LogP contribution in [-0.4, -0.2) is 18.6 Å². The molecule has 0 atom stereocenters. The van der Waals surface area contributed by atoms with Crippen LogP contribution < -0.4 is 5.32 Å². The van der Waals surface area contributed by atoms with Crippen molar-refractivity contribution >= 4 is 11.7 Å². The molecule has 0 heterocycles. The first-order valence-electron chi connectivity index (χ1n) is 5.83. The Hall–Kier alpha value is -1.51. The summed E-state index contributed by atoms with van der Waals surface area (Å²) in [6.45, 7) is 2.23. The molecule has 0 bridgehead atoms. The fraction of sp³-hybridized carbons (Fsp3) is 0.462. The first-order valence-corrected chi connectivity index (χ1v) is 5.83. The monoisotopic (exact) mass is 219 g/mol. The van der Waals surface area contributed by atoms with Crippen molar-refractivity contribution < 1.29 is 9.53 Å². The molecule has 0 radical (unpaired) electrons. The van der Waals surface area contributed by atoms with Crippen molar-refractivity contribution in [3.8, 4) is 0 Å². The van der Waals surface area contributed by atoms with Gasteiger partial charge in [0.1, 0.15) is 0 Å². The molecule has 1 N–H and O–H groups in total. The minimum absolute atomic E-state index is 0.252. The van der Waals surface area contributed by atoms with Gasteiger partial charge < -0.3 is 10.1 Å². The Balaban J connectivity index is 1.95. The Morgan fingerprint density at radius 2 is 2.06 bits per heavy atom. The Labute approximate surface area is 95.8 Å². The number of hydrogen-bond donors (Lipinski definition) is 1. The lowest BCUT2D eigenvalue weighted by atomic mass is 9.93. The summed E-state index contributed by atoms with van der Waals surface area (Å²) < 4.78 is 4.92. The fourth-order valence-corrected chi connectivity index (χ4v) is 1.71. The van der Waals surface area contributed by atoms with Gasteiger partial charge in [0.25, 0.3) is 0 Å². The second-order valence-corrected chi connectivity index (χ2v) is 4.07. The predicted molar refractivity (Wildman–Crippen MR) is 63.7 cm³/mol. The van der Waals surface area contributed by atoms with Gasteiger partial charge in [-0.3, -0.25) is 0 Å². The maximum Gasteiger partial charge on any atom is 0.338 e. The molecule has 0 spiro atoms. The molecule has 2 rings (SSSR count). The van der Waals surface area contributed by atoms with Crippen molar-refractivity contribution in [3.05, 3.63) is 29.8 Å². The van der Waals surface area contributed by atoms with Crippen LogP contribution in [0.25, 0.3) is 0 Å². The third-order valence-electron chi connectivity index (χ3n) is 2.87. The highest BCUT2D eigenvalue weighted by molar-refractivity contribution is 5.89. The maximum atomic E-state index is 11.4. The van der Waals surface area contributed by atoms with Crippen LogP contribution in [0.15, 0.2) is 24.3 Å². The van der Waals surface area contributed by atoms with Crippen LogP contribution in [0.1, 0.15) is 36.5 Å². The van der Waals surface area contributed by atoms with E-state index in [0.29, 0.717) is 18.2 Å². The highest BCUT2D eigenvalue weighted by atomic mass is 16.5. The van der Waals surface area contributed by atoms with Crippen LogP contribution in [0.5, 0.6) is 0 Å². The number of hydrogen-bond acceptors (Lipinski definition) is 3. The fourth-order valence-electron chi connectivity index (χ4n) is 1.71. The molecular weight excluding hydrogens is 202 g/mol. The predicted octanol–water partition coefficient (Wildman–Crippen LogP) is 2.83. The van der Waals surface area contributed by atoms with Gasteiger partial charge in [-0.1, -0.05) is 0 Å². The number of anilines is 1. The lowest BCUT2D eigenvalue weighted by Gasteiger charge is -2.27. The van der Waals surface area contributed by atoms with Gasteiger partial charge >= 0.3 is 5.97 Å². The van der Waals surface area contributed by atoms with E-state index in [4.69, 9.17) is 4.74 Å². The van der Waals surface area contributed by atoms with Crippen molar-refractivity contribution in [1.29, 1.82) is 0 Å². The molecule has 1 aromatic carbocycles. The minimum Gasteiger partial charge on any atom is -0.462 e. The SMILES string of the molecule is CCOC(=O)c1ccc(NC2CCC2)cc1. The summed E-state index contributed by atoms with van der Waals surface area (Å²) in [5, 5.41) is 3.42. The Morgan fingerprint density at radius 3 is 2.56 bits per heavy atom. The van der Waals surface area contributed by atoms with Gasteiger partial charge in [0, 0.05) is 11.7 Å². The second kappa shape index (κ2) is 5.01. The van der Waals surface area contributed by atoms with Crippen LogP contribution >= 0.6 is 0 Å². The molecule has 1 saturated carbocycles. The second-order valence-electron chi connectivity index (χ2n) is 4.07. The number of carbonyl (C=O) groups is 1. The van der Waals surface area contributed by atoms with Crippen LogP contribution in [0.2, 0.25) is 0 Å². The zero-order valence-electron chi connectivity index (χ0n) is 9.53. The van der Waals surface area contributed by atoms with Gasteiger partial charge in [0.2, 0.25) is 0 Å². The van der Waals surface area contributed by atoms with Crippen molar-refractivity contribution in [2.24, 2.45) is 0 Å². The normalized spacial score (nSPS) is 15.3. The molecule has 3 nitrogen and oxygen atoms in total. The lowest BCUT2D eigenvalue weighted by Crippen LogP contribution is -2.26. The summed E-state index contributed by atoms with van der Waals surface area (Å²) >= 11 is 0. The molecule has 0 aliphatic heterocycles. The standard InChI is InChI=1S/C13H17NO2/c1-2-16-13(15)10-6-8-12(9-7-10)14-11-4-3-5-11/h6-9,11,14H,2-5H2,1H3. The van der Waals surface area contributed by atoms with Crippen molar-refractivity contribution in [3.63, 3.8) is 0 Å². The first-order chi connectivity index (χ1) is 7.79. The molecule has 0 amide bonds. The highest BCUT2D eigenvalue weighted by Crippen LogP contribution is 2.23. The van der Waals surface area contributed by atoms with E-state index in [9.17, 15) is 4.79 Å². The molecule has 1 fully saturated rings. The van der Waals surface area contributed by atoms with Crippen LogP contribution in [0.3, 0.4) is 0 Å². The number of carbonyl (C=O) groups excluding carboxylic acids is 1. The molecule has 3 heteroatoms. The quantitative estimate of drug-likeness (QED) is 0.791. The summed E-state index contributed by atoms with van der Waals surface area (Å²) in [7, 11) is 0. The molecule has 1 aliphatic rings. The third kappa shape index (κ3) is 2.54. The van der Waals surface area contributed by atoms with Gasteiger partial charge in [-0.25, -0.2) is 4.79 Å². The van der Waals surface area contributed by atoms with Gasteiger partial charge in [-0.2, -0.15) is 0 Å². The highest BCUT2D eigenvalue weighted by Gasteiger charge is 2.16. The number of esters is 1. The summed E-state index contributed by atoms with van der Waals surface area (Å²) in [4.78, 5) is 11.4. The Morgan fingerprint density at radius 1 is 1.38 bits per heavy atom. The molecule has 16 heavy (non-hydrogen) atoms. The largest absolute Gasteiger partial charge is 0.462 e. The van der Waals surface area contributed by atoms with Gasteiger partial charge in [-0.15, -0.1) is 0 Å². The van der Waals surface area contributed by atoms with Gasteiger partial charge in [-0.05, 0) is 50.5 Å². The molecule has 1 aliphatic carbocycles. The van der Waals surface area contributed by atoms with E-state index >= 15 is 0 Å². The van der Waals surface area contributed by atoms with E-state index in [2.05, 4.69) is 5.32 Å². The van der Waals surface area contributed by atoms with Crippen LogP contribution in [0, 0.1) is 0 Å². The van der Waals surface area contributed by atoms with E-state index in [1.54, 1.807) is 12.1 Å². The van der Waals surface area contributed by atoms with E-state index < -0.39 is 0 Å². The van der Waals surface area contributed by atoms with E-state index in [-0.39, 0.29) is 5.97 Å². The van der Waals surface area contributed by atoms with E-state index in [1.807, 2.05) is 19.1 Å². The average molecular weight is 219 g/mol. The maximum absolute atomic E-state index is 11.4. The summed E-state index contributed by atoms with van der Waals surface area (Å²) in [5.74, 6) is -0.252. The zero-order valence-corrected chi connectivity index (χ0v) is 9.53. The third-order valence-corrected chi connectivity index (χ3v) is 2.87. The van der Waals surface area contributed by atoms with Gasteiger partial charge in [0.05, 0.1) is 12.2 Å². The molecule has 0 aromatic heterocycles. The Kier molecular flexibility index (Phi) is 3.44. The number of ether oxygens (including phenoxy) is 1. The van der Waals surface area contributed by atoms with E-state index in [1.165, 1.54) is 19.3 Å². The molecule has 0 unspecified atom stereocenters. The zero-order chi connectivity index (χ0) is 11.4. The molecular formula is C13H17NO2. The van der Waals surface area contributed by atoms with Crippen molar-refractivity contribution in [2.75, 3.05) is 11.9 Å². The van der Waals surface area contributed by atoms with Gasteiger partial charge in [0.15, 0.2) is 0 Å². The summed E-state index contributed by atoms with van der Waals surface area (Å²) in [5.41, 5.74) is 1.69. The Bertz CT molecular complexity index is 355. The summed E-state index contributed by atoms with van der Waals surface area (Å²) in [6, 6.07) is 8.10. The number of nitrogens with one attached hydrogen (secondary N) is 1. The smallest absolute Gasteiger partial charge is 0.338 e. The molecule has 86 valence electrons. The first kappa shape index (κ1) is 11.0. The topological polar surface area (TPSA) is 38.3 Å². The number of rotatable bonds is 4. The van der Waals surface area contributed by atoms with Crippen molar-refractivity contribution in [2.45, 2.75) is 32.2 Å².